The third-order valence-corrected chi connectivity index (χ3v) is 3.63. The Morgan fingerprint density at radius 2 is 1.69 bits per heavy atom. The van der Waals surface area contributed by atoms with Gasteiger partial charge in [-0.15, -0.1) is 0 Å². The molecule has 0 aliphatic carbocycles. The van der Waals surface area contributed by atoms with E-state index in [9.17, 15) is 28.1 Å². The molecule has 0 aromatic heterocycles. The molecule has 0 aliphatic heterocycles. The molecule has 1 N–H and O–H groups in total. The minimum absolute atomic E-state index is 0.0270. The summed E-state index contributed by atoms with van der Waals surface area (Å²) in [5.74, 6) is -0.816. The first-order chi connectivity index (χ1) is 12.2. The van der Waals surface area contributed by atoms with Crippen LogP contribution in [0.3, 0.4) is 0 Å². The molecule has 0 bridgehead atoms. The summed E-state index contributed by atoms with van der Waals surface area (Å²) >= 11 is 0. The van der Waals surface area contributed by atoms with E-state index in [2.05, 4.69) is 5.32 Å². The number of anilines is 1. The maximum absolute atomic E-state index is 13.5. The lowest BCUT2D eigenvalue weighted by Gasteiger charge is -2.24. The Hall–Kier alpha value is -3.10. The molecule has 2 aromatic carbocycles. The number of ketones is 1. The third kappa shape index (κ3) is 4.50. The molecule has 0 saturated heterocycles. The fraction of sp³-hybridized carbons (Fsp3) is 0.235. The number of Topliss-reactive ketones (excluding diaryl/α,β-unsaturated/α-hetero) is 1. The second kappa shape index (κ2) is 7.85. The number of hydrogen-bond donors (Lipinski definition) is 1. The Kier molecular flexibility index (Phi) is 5.81. The molecule has 0 heterocycles. The van der Waals surface area contributed by atoms with E-state index >= 15 is 0 Å². The van der Waals surface area contributed by atoms with E-state index in [1.54, 1.807) is 6.07 Å². The number of methoxy groups -OCH3 is 1. The van der Waals surface area contributed by atoms with Crippen LogP contribution in [0.15, 0.2) is 54.6 Å². The molecule has 6 nitrogen and oxygen atoms in total. The number of alkyl halides is 3. The van der Waals surface area contributed by atoms with E-state index < -0.39 is 29.0 Å². The van der Waals surface area contributed by atoms with Crippen LogP contribution in [0.4, 0.5) is 18.9 Å². The highest BCUT2D eigenvalue weighted by Crippen LogP contribution is 2.29. The summed E-state index contributed by atoms with van der Waals surface area (Å²) in [7, 11) is 1.39. The fourth-order valence-corrected chi connectivity index (χ4v) is 2.35. The van der Waals surface area contributed by atoms with Crippen molar-refractivity contribution in [2.75, 3.05) is 12.4 Å². The van der Waals surface area contributed by atoms with E-state index in [1.807, 2.05) is 0 Å². The highest BCUT2D eigenvalue weighted by Gasteiger charge is 2.54. The predicted octanol–water partition coefficient (Wildman–Crippen LogP) is 3.57. The van der Waals surface area contributed by atoms with Crippen molar-refractivity contribution in [2.24, 2.45) is 0 Å². The SMILES string of the molecule is COc1ccc(N[C@H]([C@@H](C(=O)c2ccccc2)[N+](=O)[O-])C(F)(F)F)cc1. The van der Waals surface area contributed by atoms with Gasteiger partial charge < -0.3 is 10.1 Å². The predicted molar refractivity (Wildman–Crippen MR) is 88.0 cm³/mol. The summed E-state index contributed by atoms with van der Waals surface area (Å²) in [5, 5.41) is 13.4. The van der Waals surface area contributed by atoms with Crippen LogP contribution >= 0.6 is 0 Å². The topological polar surface area (TPSA) is 81.5 Å². The number of benzene rings is 2. The molecule has 0 saturated carbocycles. The number of nitrogens with zero attached hydrogens (tertiary/aromatic N) is 1. The molecule has 26 heavy (non-hydrogen) atoms. The van der Waals surface area contributed by atoms with Crippen LogP contribution in [0, 0.1) is 10.1 Å². The highest BCUT2D eigenvalue weighted by molar-refractivity contribution is 6.00. The second-order valence-electron chi connectivity index (χ2n) is 5.35. The van der Waals surface area contributed by atoms with Gasteiger partial charge in [0, 0.05) is 16.2 Å². The van der Waals surface area contributed by atoms with Gasteiger partial charge in [-0.1, -0.05) is 30.3 Å². The summed E-state index contributed by atoms with van der Waals surface area (Å²) in [6.07, 6.45) is -5.03. The summed E-state index contributed by atoms with van der Waals surface area (Å²) in [6.45, 7) is 0. The Morgan fingerprint density at radius 3 is 2.15 bits per heavy atom. The Morgan fingerprint density at radius 1 is 1.12 bits per heavy atom. The van der Waals surface area contributed by atoms with Crippen LogP contribution in [-0.2, 0) is 0 Å². The lowest BCUT2D eigenvalue weighted by Crippen LogP contribution is -2.53. The van der Waals surface area contributed by atoms with Crippen molar-refractivity contribution in [2.45, 2.75) is 18.3 Å². The highest BCUT2D eigenvalue weighted by atomic mass is 19.4. The van der Waals surface area contributed by atoms with E-state index in [0.717, 1.165) is 0 Å². The molecule has 0 radical (unpaired) electrons. The first kappa shape index (κ1) is 19.2. The van der Waals surface area contributed by atoms with Crippen LogP contribution in [0.5, 0.6) is 5.75 Å². The van der Waals surface area contributed by atoms with Crippen LogP contribution < -0.4 is 10.1 Å². The first-order valence-corrected chi connectivity index (χ1v) is 7.44. The number of ether oxygens (including phenoxy) is 1. The molecule has 0 aliphatic rings. The molecule has 0 amide bonds. The largest absolute Gasteiger partial charge is 0.497 e. The number of hydrogen-bond acceptors (Lipinski definition) is 5. The normalized spacial score (nSPS) is 13.5. The van der Waals surface area contributed by atoms with Gasteiger partial charge in [-0.05, 0) is 24.3 Å². The van der Waals surface area contributed by atoms with E-state index in [4.69, 9.17) is 4.74 Å². The molecule has 2 rings (SSSR count). The van der Waals surface area contributed by atoms with Crippen molar-refractivity contribution in [3.63, 3.8) is 0 Å². The number of carbonyl (C=O) groups is 1. The number of carbonyl (C=O) groups excluding carboxylic acids is 1. The molecule has 138 valence electrons. The van der Waals surface area contributed by atoms with Gasteiger partial charge in [0.15, 0.2) is 6.04 Å². The Labute approximate surface area is 146 Å². The van der Waals surface area contributed by atoms with E-state index in [1.165, 1.54) is 55.6 Å². The van der Waals surface area contributed by atoms with Crippen molar-refractivity contribution >= 4 is 11.5 Å². The van der Waals surface area contributed by atoms with Crippen molar-refractivity contribution in [1.82, 2.24) is 0 Å². The van der Waals surface area contributed by atoms with Gasteiger partial charge in [0.2, 0.25) is 5.78 Å². The minimum Gasteiger partial charge on any atom is -0.497 e. The Balaban J connectivity index is 2.38. The molecule has 0 unspecified atom stereocenters. The molecule has 9 heteroatoms. The quantitative estimate of drug-likeness (QED) is 0.459. The first-order valence-electron chi connectivity index (χ1n) is 7.44. The number of nitro groups is 1. The van der Waals surface area contributed by atoms with Gasteiger partial charge in [-0.25, -0.2) is 0 Å². The van der Waals surface area contributed by atoms with Gasteiger partial charge in [0.1, 0.15) is 5.75 Å². The fourth-order valence-electron chi connectivity index (χ4n) is 2.35. The number of halogens is 3. The maximum Gasteiger partial charge on any atom is 0.415 e. The van der Waals surface area contributed by atoms with Crippen molar-refractivity contribution in [3.8, 4) is 5.75 Å². The molecule has 2 atom stereocenters. The van der Waals surface area contributed by atoms with Gasteiger partial charge in [-0.3, -0.25) is 14.9 Å². The van der Waals surface area contributed by atoms with Gasteiger partial charge in [0.05, 0.1) is 7.11 Å². The maximum atomic E-state index is 13.5. The molecule has 2 aromatic rings. The van der Waals surface area contributed by atoms with Gasteiger partial charge >= 0.3 is 12.2 Å². The molecule has 0 fully saturated rings. The van der Waals surface area contributed by atoms with Crippen LogP contribution in [0.2, 0.25) is 0 Å². The average molecular weight is 368 g/mol. The smallest absolute Gasteiger partial charge is 0.415 e. The standard InChI is InChI=1S/C17H15F3N2O4/c1-26-13-9-7-12(8-10-13)21-16(17(18,19)20)14(22(24)25)15(23)11-5-3-2-4-6-11/h2-10,14,16,21H,1H3/t14-,16-/m1/s1. The van der Waals surface area contributed by atoms with Crippen LogP contribution in [0.25, 0.3) is 0 Å². The van der Waals surface area contributed by atoms with Crippen molar-refractivity contribution < 1.29 is 27.6 Å². The zero-order valence-corrected chi connectivity index (χ0v) is 13.6. The lowest BCUT2D eigenvalue weighted by molar-refractivity contribution is -0.514. The number of nitrogens with one attached hydrogen (secondary N) is 1. The molecule has 0 spiro atoms. The Bertz CT molecular complexity index is 764. The van der Waals surface area contributed by atoms with Gasteiger partial charge in [-0.2, -0.15) is 13.2 Å². The zero-order chi connectivity index (χ0) is 19.3. The van der Waals surface area contributed by atoms with Crippen molar-refractivity contribution in [1.29, 1.82) is 0 Å². The lowest BCUT2D eigenvalue weighted by atomic mass is 9.97. The zero-order valence-electron chi connectivity index (χ0n) is 13.6. The third-order valence-electron chi connectivity index (χ3n) is 3.63. The monoisotopic (exact) mass is 368 g/mol. The molecular weight excluding hydrogens is 353 g/mol. The van der Waals surface area contributed by atoms with E-state index in [-0.39, 0.29) is 11.3 Å². The average Bonchev–Trinajstić information content (AvgIpc) is 2.61. The van der Waals surface area contributed by atoms with Gasteiger partial charge in [0.25, 0.3) is 0 Å². The van der Waals surface area contributed by atoms with Crippen LogP contribution in [0.1, 0.15) is 10.4 Å². The number of rotatable bonds is 7. The second-order valence-corrected chi connectivity index (χ2v) is 5.35. The summed E-state index contributed by atoms with van der Waals surface area (Å²) in [6, 6.07) is 6.99. The summed E-state index contributed by atoms with van der Waals surface area (Å²) in [5.41, 5.74) is -0.194. The van der Waals surface area contributed by atoms with Crippen molar-refractivity contribution in [3.05, 3.63) is 70.3 Å². The molecular formula is C17H15F3N2O4. The summed E-state index contributed by atoms with van der Waals surface area (Å²) in [4.78, 5) is 22.5. The summed E-state index contributed by atoms with van der Waals surface area (Å²) < 4.78 is 45.4. The minimum atomic E-state index is -5.03. The van der Waals surface area contributed by atoms with Crippen LogP contribution in [-0.4, -0.2) is 36.1 Å². The van der Waals surface area contributed by atoms with E-state index in [0.29, 0.717) is 5.75 Å².